The standard InChI is InChI=1S/C9H16O4S/c1-13-6-8(9(10)11)14(12)7-4-2-3-5-7/h7-8H,2-6H2,1H3,(H,10,11). The van der Waals surface area contributed by atoms with Gasteiger partial charge in [-0.2, -0.15) is 0 Å². The molecule has 0 aromatic heterocycles. The van der Waals surface area contributed by atoms with Crippen LogP contribution in [0.3, 0.4) is 0 Å². The lowest BCUT2D eigenvalue weighted by atomic mass is 10.4. The van der Waals surface area contributed by atoms with E-state index in [1.807, 2.05) is 0 Å². The number of carboxylic acid groups (broad SMARTS) is 1. The Balaban J connectivity index is 2.57. The lowest BCUT2D eigenvalue weighted by Gasteiger charge is -2.15. The van der Waals surface area contributed by atoms with Gasteiger partial charge >= 0.3 is 5.97 Å². The molecule has 82 valence electrons. The van der Waals surface area contributed by atoms with Gasteiger partial charge in [0.15, 0.2) is 5.25 Å². The third-order valence-corrected chi connectivity index (χ3v) is 4.53. The van der Waals surface area contributed by atoms with Crippen LogP contribution in [0.2, 0.25) is 0 Å². The lowest BCUT2D eigenvalue weighted by Crippen LogP contribution is -2.35. The van der Waals surface area contributed by atoms with Crippen molar-refractivity contribution in [3.05, 3.63) is 0 Å². The molecule has 5 heteroatoms. The second kappa shape index (κ2) is 5.46. The summed E-state index contributed by atoms with van der Waals surface area (Å²) in [6, 6.07) is 0. The van der Waals surface area contributed by atoms with Gasteiger partial charge in [-0.1, -0.05) is 12.8 Å². The molecule has 0 saturated heterocycles. The zero-order chi connectivity index (χ0) is 10.6. The van der Waals surface area contributed by atoms with Gasteiger partial charge in [0.05, 0.1) is 6.61 Å². The van der Waals surface area contributed by atoms with Gasteiger partial charge in [0.25, 0.3) is 0 Å². The Morgan fingerprint density at radius 1 is 1.57 bits per heavy atom. The first-order valence-electron chi connectivity index (χ1n) is 4.78. The second-order valence-electron chi connectivity index (χ2n) is 3.52. The van der Waals surface area contributed by atoms with Crippen LogP contribution >= 0.6 is 0 Å². The molecule has 2 atom stereocenters. The minimum atomic E-state index is -1.29. The van der Waals surface area contributed by atoms with Gasteiger partial charge in [-0.05, 0) is 12.8 Å². The predicted molar refractivity (Wildman–Crippen MR) is 53.7 cm³/mol. The van der Waals surface area contributed by atoms with E-state index in [2.05, 4.69) is 0 Å². The summed E-state index contributed by atoms with van der Waals surface area (Å²) < 4.78 is 16.6. The SMILES string of the molecule is COCC(C(=O)O)S(=O)C1CCCC1. The topological polar surface area (TPSA) is 63.6 Å². The molecule has 1 saturated carbocycles. The third kappa shape index (κ3) is 2.78. The molecule has 0 spiro atoms. The first-order chi connectivity index (χ1) is 6.66. The molecule has 0 aromatic carbocycles. The monoisotopic (exact) mass is 220 g/mol. The van der Waals surface area contributed by atoms with E-state index in [4.69, 9.17) is 9.84 Å². The molecule has 14 heavy (non-hydrogen) atoms. The number of carbonyl (C=O) groups is 1. The van der Waals surface area contributed by atoms with Crippen molar-refractivity contribution in [3.8, 4) is 0 Å². The van der Waals surface area contributed by atoms with Gasteiger partial charge in [-0.3, -0.25) is 9.00 Å². The summed E-state index contributed by atoms with van der Waals surface area (Å²) >= 11 is 0. The van der Waals surface area contributed by atoms with E-state index in [0.29, 0.717) is 0 Å². The Bertz CT molecular complexity index is 223. The molecule has 0 bridgehead atoms. The van der Waals surface area contributed by atoms with Crippen molar-refractivity contribution < 1.29 is 18.8 Å². The Hall–Kier alpha value is -0.420. The molecule has 0 aliphatic heterocycles. The highest BCUT2D eigenvalue weighted by molar-refractivity contribution is 7.87. The first kappa shape index (κ1) is 11.7. The molecule has 1 aliphatic carbocycles. The fraction of sp³-hybridized carbons (Fsp3) is 0.889. The zero-order valence-electron chi connectivity index (χ0n) is 8.27. The minimum absolute atomic E-state index is 0.0401. The Morgan fingerprint density at radius 2 is 2.14 bits per heavy atom. The van der Waals surface area contributed by atoms with Crippen molar-refractivity contribution in [1.82, 2.24) is 0 Å². The molecular weight excluding hydrogens is 204 g/mol. The lowest BCUT2D eigenvalue weighted by molar-refractivity contribution is -0.137. The molecule has 1 fully saturated rings. The number of rotatable bonds is 5. The van der Waals surface area contributed by atoms with E-state index in [1.165, 1.54) is 7.11 Å². The van der Waals surface area contributed by atoms with Gasteiger partial charge in [0, 0.05) is 23.2 Å². The molecule has 4 nitrogen and oxygen atoms in total. The number of methoxy groups -OCH3 is 1. The van der Waals surface area contributed by atoms with Crippen LogP contribution in [0.5, 0.6) is 0 Å². The maximum Gasteiger partial charge on any atom is 0.321 e. The Labute approximate surface area is 86.1 Å². The number of aliphatic carboxylic acids is 1. The van der Waals surface area contributed by atoms with Gasteiger partial charge in [-0.25, -0.2) is 0 Å². The number of ether oxygens (including phenoxy) is 1. The van der Waals surface area contributed by atoms with Crippen molar-refractivity contribution >= 4 is 16.8 Å². The van der Waals surface area contributed by atoms with Crippen LogP contribution in [0.4, 0.5) is 0 Å². The predicted octanol–water partition coefficient (Wildman–Crippen LogP) is 0.777. The minimum Gasteiger partial charge on any atom is -0.480 e. The third-order valence-electron chi connectivity index (χ3n) is 2.50. The van der Waals surface area contributed by atoms with E-state index in [-0.39, 0.29) is 11.9 Å². The van der Waals surface area contributed by atoms with Gasteiger partial charge in [-0.15, -0.1) is 0 Å². The fourth-order valence-corrected chi connectivity index (χ4v) is 3.47. The smallest absolute Gasteiger partial charge is 0.321 e. The number of hydrogen-bond donors (Lipinski definition) is 1. The van der Waals surface area contributed by atoms with Crippen molar-refractivity contribution in [1.29, 1.82) is 0 Å². The van der Waals surface area contributed by atoms with Crippen molar-refractivity contribution in [2.75, 3.05) is 13.7 Å². The Kier molecular flexibility index (Phi) is 4.54. The zero-order valence-corrected chi connectivity index (χ0v) is 9.09. The highest BCUT2D eigenvalue weighted by Gasteiger charge is 2.32. The average Bonchev–Trinajstić information content (AvgIpc) is 2.65. The summed E-state index contributed by atoms with van der Waals surface area (Å²) in [6.07, 6.45) is 3.91. The summed E-state index contributed by atoms with van der Waals surface area (Å²) in [5.41, 5.74) is 0. The van der Waals surface area contributed by atoms with Crippen LogP contribution in [0, 0.1) is 0 Å². The fourth-order valence-electron chi connectivity index (χ4n) is 1.74. The highest BCUT2D eigenvalue weighted by atomic mass is 32.2. The summed E-state index contributed by atoms with van der Waals surface area (Å²) in [4.78, 5) is 10.8. The van der Waals surface area contributed by atoms with Crippen LogP contribution in [-0.4, -0.2) is 39.5 Å². The van der Waals surface area contributed by atoms with Crippen molar-refractivity contribution in [2.24, 2.45) is 0 Å². The maximum absolute atomic E-state index is 11.8. The van der Waals surface area contributed by atoms with Gasteiger partial charge in [0.2, 0.25) is 0 Å². The van der Waals surface area contributed by atoms with Crippen LogP contribution in [0.15, 0.2) is 0 Å². The molecule has 1 N–H and O–H groups in total. The summed E-state index contributed by atoms with van der Waals surface area (Å²) in [5, 5.41) is 8.07. The average molecular weight is 220 g/mol. The largest absolute Gasteiger partial charge is 0.480 e. The number of carboxylic acids is 1. The van der Waals surface area contributed by atoms with Gasteiger partial charge < -0.3 is 9.84 Å². The summed E-state index contributed by atoms with van der Waals surface area (Å²) in [5.74, 6) is -1.02. The molecule has 0 radical (unpaired) electrons. The number of hydrogen-bond acceptors (Lipinski definition) is 3. The summed E-state index contributed by atoms with van der Waals surface area (Å²) in [6.45, 7) is 0.0401. The van der Waals surface area contributed by atoms with Crippen LogP contribution in [0.25, 0.3) is 0 Å². The molecule has 1 rings (SSSR count). The van der Waals surface area contributed by atoms with Crippen molar-refractivity contribution in [3.63, 3.8) is 0 Å². The van der Waals surface area contributed by atoms with Gasteiger partial charge in [0.1, 0.15) is 0 Å². The molecule has 0 amide bonds. The van der Waals surface area contributed by atoms with E-state index in [9.17, 15) is 9.00 Å². The van der Waals surface area contributed by atoms with E-state index < -0.39 is 22.0 Å². The van der Waals surface area contributed by atoms with Crippen LogP contribution < -0.4 is 0 Å². The molecule has 0 heterocycles. The molecular formula is C9H16O4S. The van der Waals surface area contributed by atoms with E-state index in [1.54, 1.807) is 0 Å². The maximum atomic E-state index is 11.8. The van der Waals surface area contributed by atoms with E-state index in [0.717, 1.165) is 25.7 Å². The van der Waals surface area contributed by atoms with Crippen molar-refractivity contribution in [2.45, 2.75) is 36.2 Å². The normalized spacial score (nSPS) is 22.1. The summed E-state index contributed by atoms with van der Waals surface area (Å²) in [7, 11) is 0.145. The van der Waals surface area contributed by atoms with Crippen LogP contribution in [-0.2, 0) is 20.3 Å². The van der Waals surface area contributed by atoms with Crippen LogP contribution in [0.1, 0.15) is 25.7 Å². The Morgan fingerprint density at radius 3 is 2.57 bits per heavy atom. The molecule has 0 aromatic rings. The first-order valence-corrected chi connectivity index (χ1v) is 6.05. The quantitative estimate of drug-likeness (QED) is 0.743. The molecule has 2 unspecified atom stereocenters. The molecule has 1 aliphatic rings. The second-order valence-corrected chi connectivity index (χ2v) is 5.41. The highest BCUT2D eigenvalue weighted by Crippen LogP contribution is 2.25. The van der Waals surface area contributed by atoms with E-state index >= 15 is 0 Å².